The molecule has 0 bridgehead atoms. The number of amides is 2. The number of carbonyl (C=O) groups is 2. The summed E-state index contributed by atoms with van der Waals surface area (Å²) in [6.45, 7) is 12.0. The van der Waals surface area contributed by atoms with Gasteiger partial charge in [0.25, 0.3) is 0 Å². The van der Waals surface area contributed by atoms with Crippen LogP contribution in [0.25, 0.3) is 0 Å². The van der Waals surface area contributed by atoms with Crippen LogP contribution in [0.2, 0.25) is 0 Å². The molecule has 5 heteroatoms. The van der Waals surface area contributed by atoms with E-state index in [1.165, 1.54) is 0 Å². The van der Waals surface area contributed by atoms with Gasteiger partial charge in [-0.05, 0) is 18.8 Å². The predicted octanol–water partition coefficient (Wildman–Crippen LogP) is 2.67. The largest absolute Gasteiger partial charge is 0.353 e. The molecule has 4 nitrogen and oxygen atoms in total. The zero-order valence-electron chi connectivity index (χ0n) is 14.1. The molecule has 1 fully saturated rings. The third kappa shape index (κ3) is 7.74. The molecule has 1 aliphatic heterocycles. The summed E-state index contributed by atoms with van der Waals surface area (Å²) in [5.74, 6) is 1.28. The van der Waals surface area contributed by atoms with E-state index in [1.54, 1.807) is 11.8 Å². The second-order valence-electron chi connectivity index (χ2n) is 7.22. The minimum absolute atomic E-state index is 0.113. The molecule has 0 aliphatic carbocycles. The van der Waals surface area contributed by atoms with E-state index < -0.39 is 0 Å². The van der Waals surface area contributed by atoms with Crippen LogP contribution in [0.1, 0.15) is 53.9 Å². The maximum atomic E-state index is 12.0. The maximum Gasteiger partial charge on any atom is 0.230 e. The van der Waals surface area contributed by atoms with Crippen LogP contribution in [0.15, 0.2) is 0 Å². The van der Waals surface area contributed by atoms with Crippen molar-refractivity contribution in [3.8, 4) is 0 Å². The number of piperidine rings is 1. The van der Waals surface area contributed by atoms with Gasteiger partial charge in [-0.3, -0.25) is 9.59 Å². The molecule has 122 valence electrons. The van der Waals surface area contributed by atoms with E-state index in [4.69, 9.17) is 0 Å². The van der Waals surface area contributed by atoms with Crippen LogP contribution < -0.4 is 5.32 Å². The van der Waals surface area contributed by atoms with E-state index in [0.29, 0.717) is 18.1 Å². The summed E-state index contributed by atoms with van der Waals surface area (Å²) in [5.41, 5.74) is 0. The average molecular weight is 314 g/mol. The van der Waals surface area contributed by atoms with Crippen LogP contribution in [-0.2, 0) is 9.59 Å². The van der Waals surface area contributed by atoms with Gasteiger partial charge in [0.1, 0.15) is 0 Å². The summed E-state index contributed by atoms with van der Waals surface area (Å²) < 4.78 is 0.115. The fraction of sp³-hybridized carbons (Fsp3) is 0.875. The van der Waals surface area contributed by atoms with Crippen LogP contribution in [0.5, 0.6) is 0 Å². The van der Waals surface area contributed by atoms with E-state index in [0.717, 1.165) is 25.9 Å². The first-order chi connectivity index (χ1) is 9.67. The smallest absolute Gasteiger partial charge is 0.230 e. The summed E-state index contributed by atoms with van der Waals surface area (Å²) >= 11 is 1.67. The SMILES string of the molecule is CC(C)CC(=O)N1CCC(NC(=O)CSC(C)(C)C)CC1. The Labute approximate surface area is 133 Å². The van der Waals surface area contributed by atoms with Crippen molar-refractivity contribution in [2.75, 3.05) is 18.8 Å². The van der Waals surface area contributed by atoms with Crippen LogP contribution >= 0.6 is 11.8 Å². The first-order valence-corrected chi connectivity index (χ1v) is 8.87. The highest BCUT2D eigenvalue weighted by Crippen LogP contribution is 2.22. The molecule has 0 atom stereocenters. The van der Waals surface area contributed by atoms with Gasteiger partial charge in [-0.25, -0.2) is 0 Å². The number of carbonyl (C=O) groups excluding carboxylic acids is 2. The van der Waals surface area contributed by atoms with E-state index in [9.17, 15) is 9.59 Å². The van der Waals surface area contributed by atoms with Crippen molar-refractivity contribution in [1.82, 2.24) is 10.2 Å². The van der Waals surface area contributed by atoms with Crippen LogP contribution in [0.3, 0.4) is 0 Å². The minimum atomic E-state index is 0.113. The van der Waals surface area contributed by atoms with Gasteiger partial charge in [0.2, 0.25) is 11.8 Å². The lowest BCUT2D eigenvalue weighted by molar-refractivity contribution is -0.133. The van der Waals surface area contributed by atoms with Gasteiger partial charge in [-0.2, -0.15) is 0 Å². The van der Waals surface area contributed by atoms with E-state index in [2.05, 4.69) is 39.9 Å². The molecule has 1 heterocycles. The molecule has 0 radical (unpaired) electrons. The van der Waals surface area contributed by atoms with Crippen molar-refractivity contribution >= 4 is 23.6 Å². The molecule has 1 aliphatic rings. The molecule has 0 aromatic rings. The highest BCUT2D eigenvalue weighted by Gasteiger charge is 2.24. The molecule has 2 amide bonds. The Kier molecular flexibility index (Phi) is 7.04. The Bertz CT molecular complexity index is 356. The van der Waals surface area contributed by atoms with Crippen molar-refractivity contribution in [2.45, 2.75) is 64.7 Å². The van der Waals surface area contributed by atoms with E-state index in [1.807, 2.05) is 4.90 Å². The Balaban J connectivity index is 2.27. The quantitative estimate of drug-likeness (QED) is 0.849. The van der Waals surface area contributed by atoms with Crippen molar-refractivity contribution < 1.29 is 9.59 Å². The van der Waals surface area contributed by atoms with E-state index in [-0.39, 0.29) is 22.6 Å². The molecule has 0 aromatic heterocycles. The Morgan fingerprint density at radius 1 is 1.24 bits per heavy atom. The lowest BCUT2D eigenvalue weighted by atomic mass is 10.0. The Hall–Kier alpha value is -0.710. The zero-order valence-corrected chi connectivity index (χ0v) is 14.9. The average Bonchev–Trinajstić information content (AvgIpc) is 2.35. The number of nitrogens with zero attached hydrogens (tertiary/aromatic N) is 1. The second kappa shape index (κ2) is 8.06. The van der Waals surface area contributed by atoms with E-state index >= 15 is 0 Å². The standard InChI is InChI=1S/C16H30N2O2S/c1-12(2)10-15(20)18-8-6-13(7-9-18)17-14(19)11-21-16(3,4)5/h12-13H,6-11H2,1-5H3,(H,17,19). The monoisotopic (exact) mass is 314 g/mol. The number of hydrogen-bond donors (Lipinski definition) is 1. The molecule has 0 saturated carbocycles. The second-order valence-corrected chi connectivity index (χ2v) is 9.02. The molecule has 0 spiro atoms. The lowest BCUT2D eigenvalue weighted by Gasteiger charge is -2.33. The van der Waals surface area contributed by atoms with Crippen molar-refractivity contribution in [3.05, 3.63) is 0 Å². The van der Waals surface area contributed by atoms with Crippen molar-refractivity contribution in [3.63, 3.8) is 0 Å². The summed E-state index contributed by atoms with van der Waals surface area (Å²) in [7, 11) is 0. The van der Waals surface area contributed by atoms with Crippen molar-refractivity contribution in [2.24, 2.45) is 5.92 Å². The maximum absolute atomic E-state index is 12.0. The minimum Gasteiger partial charge on any atom is -0.353 e. The molecule has 1 N–H and O–H groups in total. The molecule has 0 unspecified atom stereocenters. The lowest BCUT2D eigenvalue weighted by Crippen LogP contribution is -2.47. The van der Waals surface area contributed by atoms with Gasteiger partial charge in [-0.15, -0.1) is 11.8 Å². The van der Waals surface area contributed by atoms with Crippen LogP contribution in [0.4, 0.5) is 0 Å². The number of hydrogen-bond acceptors (Lipinski definition) is 3. The third-order valence-electron chi connectivity index (χ3n) is 3.43. The van der Waals surface area contributed by atoms with Gasteiger partial charge in [0, 0.05) is 30.3 Å². The number of thioether (sulfide) groups is 1. The summed E-state index contributed by atoms with van der Waals surface area (Å²) in [6, 6.07) is 0.223. The van der Waals surface area contributed by atoms with Gasteiger partial charge in [-0.1, -0.05) is 34.6 Å². The highest BCUT2D eigenvalue weighted by molar-refractivity contribution is 8.01. The topological polar surface area (TPSA) is 49.4 Å². The van der Waals surface area contributed by atoms with Crippen LogP contribution in [0, 0.1) is 5.92 Å². The molecule has 1 rings (SSSR count). The fourth-order valence-electron chi connectivity index (χ4n) is 2.30. The first-order valence-electron chi connectivity index (χ1n) is 7.88. The Morgan fingerprint density at radius 2 is 1.81 bits per heavy atom. The number of nitrogens with one attached hydrogen (secondary N) is 1. The molecule has 21 heavy (non-hydrogen) atoms. The molecule has 0 aromatic carbocycles. The fourth-order valence-corrected chi connectivity index (χ4v) is 2.95. The predicted molar refractivity (Wildman–Crippen MR) is 89.4 cm³/mol. The summed E-state index contributed by atoms with van der Waals surface area (Å²) in [4.78, 5) is 25.8. The number of likely N-dealkylation sites (tertiary alicyclic amines) is 1. The summed E-state index contributed by atoms with van der Waals surface area (Å²) in [5, 5.41) is 3.09. The number of rotatable bonds is 5. The van der Waals surface area contributed by atoms with Gasteiger partial charge in [0.15, 0.2) is 0 Å². The van der Waals surface area contributed by atoms with Crippen molar-refractivity contribution in [1.29, 1.82) is 0 Å². The van der Waals surface area contributed by atoms with Gasteiger partial charge >= 0.3 is 0 Å². The van der Waals surface area contributed by atoms with Crippen LogP contribution in [-0.4, -0.2) is 46.3 Å². The zero-order chi connectivity index (χ0) is 16.0. The molecular formula is C16H30N2O2S. The molecule has 1 saturated heterocycles. The molecular weight excluding hydrogens is 284 g/mol. The summed E-state index contributed by atoms with van der Waals surface area (Å²) in [6.07, 6.45) is 2.37. The highest BCUT2D eigenvalue weighted by atomic mass is 32.2. The van der Waals surface area contributed by atoms with Gasteiger partial charge in [0.05, 0.1) is 5.75 Å². The Morgan fingerprint density at radius 3 is 2.29 bits per heavy atom. The third-order valence-corrected chi connectivity index (χ3v) is 4.70. The first kappa shape index (κ1) is 18.3. The normalized spacial score (nSPS) is 17.1. The van der Waals surface area contributed by atoms with Gasteiger partial charge < -0.3 is 10.2 Å².